The molecule has 0 saturated heterocycles. The molecule has 0 fully saturated rings. The maximum absolute atomic E-state index is 5.42. The molecule has 2 N–H and O–H groups in total. The number of rotatable bonds is 3. The van der Waals surface area contributed by atoms with Crippen LogP contribution in [0.15, 0.2) is 12.3 Å². The summed E-state index contributed by atoms with van der Waals surface area (Å²) < 4.78 is 1.76. The molecule has 0 saturated carbocycles. The van der Waals surface area contributed by atoms with Crippen molar-refractivity contribution in [1.29, 1.82) is 0 Å². The van der Waals surface area contributed by atoms with Crippen LogP contribution in [0.3, 0.4) is 0 Å². The molecule has 14 heavy (non-hydrogen) atoms. The van der Waals surface area contributed by atoms with Crippen LogP contribution in [-0.4, -0.2) is 41.4 Å². The highest BCUT2D eigenvalue weighted by Crippen LogP contribution is 1.91. The number of nitrogens with two attached hydrogens (primary N) is 1. The van der Waals surface area contributed by atoms with E-state index in [-0.39, 0.29) is 0 Å². The minimum absolute atomic E-state index is 0.671. The molecule has 1 aromatic rings. The number of hydrogen-bond acceptors (Lipinski definition) is 3. The zero-order valence-electron chi connectivity index (χ0n) is 8.70. The number of aromatic nitrogens is 2. The van der Waals surface area contributed by atoms with Crippen LogP contribution in [0, 0.1) is 11.8 Å². The molecule has 0 atom stereocenters. The second-order valence-electron chi connectivity index (χ2n) is 3.17. The predicted octanol–water partition coefficient (Wildman–Crippen LogP) is -0.338. The molecule has 1 rings (SSSR count). The molecule has 0 aliphatic heterocycles. The molecule has 0 aliphatic rings. The lowest BCUT2D eigenvalue weighted by atomic mass is 10.4. The second-order valence-corrected chi connectivity index (χ2v) is 3.17. The molecule has 0 amide bonds. The van der Waals surface area contributed by atoms with Crippen LogP contribution in [0.25, 0.3) is 0 Å². The Kier molecular flexibility index (Phi) is 4.17. The summed E-state index contributed by atoms with van der Waals surface area (Å²) in [6, 6.07) is 1.90. The van der Waals surface area contributed by atoms with Crippen molar-refractivity contribution in [2.45, 2.75) is 0 Å². The summed E-state index contributed by atoms with van der Waals surface area (Å²) in [7, 11) is 3.89. The van der Waals surface area contributed by atoms with E-state index in [4.69, 9.17) is 5.73 Å². The molecule has 4 nitrogen and oxygen atoms in total. The van der Waals surface area contributed by atoms with E-state index in [1.807, 2.05) is 20.2 Å². The van der Waals surface area contributed by atoms with Gasteiger partial charge in [0.2, 0.25) is 0 Å². The normalized spacial score (nSPS) is 10.0. The first kappa shape index (κ1) is 10.8. The number of aryl methyl sites for hydroxylation is 1. The standard InChI is InChI=1S/C10H16N4/c1-13(9-6-11)8-3-4-10-5-7-12-14(10)2/h5,7H,6,8-9,11H2,1-2H3. The van der Waals surface area contributed by atoms with Crippen molar-refractivity contribution in [3.8, 4) is 11.8 Å². The minimum atomic E-state index is 0.671. The third-order valence-electron chi connectivity index (χ3n) is 1.90. The van der Waals surface area contributed by atoms with Gasteiger partial charge in [-0.15, -0.1) is 0 Å². The highest BCUT2D eigenvalue weighted by molar-refractivity contribution is 5.26. The van der Waals surface area contributed by atoms with Gasteiger partial charge in [-0.2, -0.15) is 5.10 Å². The lowest BCUT2D eigenvalue weighted by Crippen LogP contribution is -2.25. The van der Waals surface area contributed by atoms with E-state index in [1.54, 1.807) is 10.9 Å². The van der Waals surface area contributed by atoms with Gasteiger partial charge in [-0.25, -0.2) is 0 Å². The fourth-order valence-electron chi connectivity index (χ4n) is 1.06. The fraction of sp³-hybridized carbons (Fsp3) is 0.500. The molecule has 0 unspecified atom stereocenters. The Morgan fingerprint density at radius 2 is 2.43 bits per heavy atom. The van der Waals surface area contributed by atoms with Gasteiger partial charge in [0.05, 0.1) is 12.7 Å². The second kappa shape index (κ2) is 5.43. The Morgan fingerprint density at radius 1 is 1.64 bits per heavy atom. The predicted molar refractivity (Wildman–Crippen MR) is 56.6 cm³/mol. The molecule has 76 valence electrons. The summed E-state index contributed by atoms with van der Waals surface area (Å²) in [4.78, 5) is 2.09. The number of nitrogens with zero attached hydrogens (tertiary/aromatic N) is 3. The van der Waals surface area contributed by atoms with Gasteiger partial charge >= 0.3 is 0 Å². The summed E-state index contributed by atoms with van der Waals surface area (Å²) >= 11 is 0. The lowest BCUT2D eigenvalue weighted by Gasteiger charge is -2.09. The third-order valence-corrected chi connectivity index (χ3v) is 1.90. The molecule has 0 aromatic carbocycles. The fourth-order valence-corrected chi connectivity index (χ4v) is 1.06. The molecule has 0 bridgehead atoms. The Hall–Kier alpha value is -1.31. The monoisotopic (exact) mass is 192 g/mol. The SMILES string of the molecule is CN(CC#Cc1ccnn1C)CCN. The Balaban J connectivity index is 2.45. The van der Waals surface area contributed by atoms with E-state index in [1.165, 1.54) is 0 Å². The molecule has 1 aromatic heterocycles. The molecule has 0 aliphatic carbocycles. The topological polar surface area (TPSA) is 47.1 Å². The van der Waals surface area contributed by atoms with E-state index >= 15 is 0 Å². The number of likely N-dealkylation sites (N-methyl/N-ethyl adjacent to an activating group) is 1. The maximum Gasteiger partial charge on any atom is 0.110 e. The lowest BCUT2D eigenvalue weighted by molar-refractivity contribution is 0.386. The van der Waals surface area contributed by atoms with Crippen LogP contribution >= 0.6 is 0 Å². The van der Waals surface area contributed by atoms with Gasteiger partial charge in [0.15, 0.2) is 0 Å². The summed E-state index contributed by atoms with van der Waals surface area (Å²) in [5.74, 6) is 6.12. The van der Waals surface area contributed by atoms with Gasteiger partial charge in [-0.3, -0.25) is 9.58 Å². The summed E-state index contributed by atoms with van der Waals surface area (Å²) in [5, 5.41) is 4.03. The smallest absolute Gasteiger partial charge is 0.110 e. The minimum Gasteiger partial charge on any atom is -0.329 e. The van der Waals surface area contributed by atoms with Crippen molar-refractivity contribution < 1.29 is 0 Å². The van der Waals surface area contributed by atoms with Gasteiger partial charge in [0, 0.05) is 20.1 Å². The van der Waals surface area contributed by atoms with Crippen molar-refractivity contribution >= 4 is 0 Å². The average molecular weight is 192 g/mol. The van der Waals surface area contributed by atoms with Crippen molar-refractivity contribution in [3.05, 3.63) is 18.0 Å². The molecular formula is C10H16N4. The van der Waals surface area contributed by atoms with Crippen molar-refractivity contribution in [2.75, 3.05) is 26.7 Å². The molecule has 1 heterocycles. The third kappa shape index (κ3) is 3.21. The molecule has 0 spiro atoms. The highest BCUT2D eigenvalue weighted by Gasteiger charge is 1.93. The van der Waals surface area contributed by atoms with Gasteiger partial charge < -0.3 is 5.73 Å². The average Bonchev–Trinajstić information content (AvgIpc) is 2.52. The molecule has 0 radical (unpaired) electrons. The van der Waals surface area contributed by atoms with Crippen LogP contribution < -0.4 is 5.73 Å². The van der Waals surface area contributed by atoms with E-state index < -0.39 is 0 Å². The van der Waals surface area contributed by atoms with E-state index in [9.17, 15) is 0 Å². The van der Waals surface area contributed by atoms with Gasteiger partial charge in [0.25, 0.3) is 0 Å². The van der Waals surface area contributed by atoms with E-state index in [0.717, 1.165) is 18.8 Å². The van der Waals surface area contributed by atoms with E-state index in [2.05, 4.69) is 21.8 Å². The zero-order chi connectivity index (χ0) is 10.4. The Bertz CT molecular complexity index is 331. The van der Waals surface area contributed by atoms with Crippen LogP contribution in [0.5, 0.6) is 0 Å². The van der Waals surface area contributed by atoms with Gasteiger partial charge in [-0.1, -0.05) is 5.92 Å². The first-order valence-corrected chi connectivity index (χ1v) is 4.59. The van der Waals surface area contributed by atoms with Crippen LogP contribution in [0.1, 0.15) is 5.69 Å². The van der Waals surface area contributed by atoms with Crippen LogP contribution in [-0.2, 0) is 7.05 Å². The van der Waals surface area contributed by atoms with Crippen molar-refractivity contribution in [3.63, 3.8) is 0 Å². The quantitative estimate of drug-likeness (QED) is 0.667. The number of hydrogen-bond donors (Lipinski definition) is 1. The Morgan fingerprint density at radius 3 is 3.00 bits per heavy atom. The van der Waals surface area contributed by atoms with Crippen molar-refractivity contribution in [2.24, 2.45) is 12.8 Å². The largest absolute Gasteiger partial charge is 0.329 e. The molecular weight excluding hydrogens is 176 g/mol. The maximum atomic E-state index is 5.42. The first-order chi connectivity index (χ1) is 6.74. The zero-order valence-corrected chi connectivity index (χ0v) is 8.70. The Labute approximate surface area is 84.7 Å². The summed E-state index contributed by atoms with van der Waals surface area (Å²) in [6.45, 7) is 2.28. The van der Waals surface area contributed by atoms with Gasteiger partial charge in [-0.05, 0) is 19.0 Å². The van der Waals surface area contributed by atoms with Gasteiger partial charge in [0.1, 0.15) is 5.69 Å². The summed E-state index contributed by atoms with van der Waals surface area (Å²) in [5.41, 5.74) is 6.35. The van der Waals surface area contributed by atoms with Crippen molar-refractivity contribution in [1.82, 2.24) is 14.7 Å². The van der Waals surface area contributed by atoms with E-state index in [0.29, 0.717) is 6.54 Å². The highest BCUT2D eigenvalue weighted by atomic mass is 15.2. The molecule has 4 heteroatoms. The summed E-state index contributed by atoms with van der Waals surface area (Å²) in [6.07, 6.45) is 1.74. The first-order valence-electron chi connectivity index (χ1n) is 4.59. The van der Waals surface area contributed by atoms with Crippen LogP contribution in [0.2, 0.25) is 0 Å². The van der Waals surface area contributed by atoms with Crippen LogP contribution in [0.4, 0.5) is 0 Å².